The van der Waals surface area contributed by atoms with Crippen LogP contribution in [-0.2, 0) is 4.79 Å². The molecular weight excluding hydrogens is 468 g/mol. The molecule has 1 amide bonds. The van der Waals surface area contributed by atoms with E-state index in [4.69, 9.17) is 34.8 Å². The second-order valence-corrected chi connectivity index (χ2v) is 8.52. The second kappa shape index (κ2) is 11.3. The predicted octanol–water partition coefficient (Wildman–Crippen LogP) is 4.29. The summed E-state index contributed by atoms with van der Waals surface area (Å²) in [6, 6.07) is 7.30. The molecular formula is C20H25Cl4N5O. The highest BCUT2D eigenvalue weighted by atomic mass is 35.5. The minimum atomic E-state index is -0.373. The zero-order valence-electron chi connectivity index (χ0n) is 16.8. The Bertz CT molecular complexity index is 859. The number of halogens is 4. The molecule has 3 rings (SSSR count). The molecule has 0 spiro atoms. The molecule has 1 saturated heterocycles. The van der Waals surface area contributed by atoms with Crippen LogP contribution < -0.4 is 10.2 Å². The number of aromatic nitrogens is 2. The van der Waals surface area contributed by atoms with Crippen LogP contribution in [0.15, 0.2) is 30.6 Å². The molecule has 6 nitrogen and oxygen atoms in total. The molecule has 1 aliphatic rings. The van der Waals surface area contributed by atoms with Crippen molar-refractivity contribution >= 4 is 58.9 Å². The van der Waals surface area contributed by atoms with Gasteiger partial charge in [-0.1, -0.05) is 54.7 Å². The summed E-state index contributed by atoms with van der Waals surface area (Å²) in [5, 5.41) is 4.84. The number of carbonyl (C=O) groups excluding carboxylic acids is 1. The van der Waals surface area contributed by atoms with Gasteiger partial charge in [-0.25, -0.2) is 9.97 Å². The molecule has 1 unspecified atom stereocenters. The van der Waals surface area contributed by atoms with Gasteiger partial charge in [0.2, 0.25) is 5.91 Å². The van der Waals surface area contributed by atoms with Crippen LogP contribution in [-0.4, -0.2) is 59.5 Å². The Morgan fingerprint density at radius 1 is 1.10 bits per heavy atom. The van der Waals surface area contributed by atoms with E-state index in [0.29, 0.717) is 47.9 Å². The number of nitrogens with one attached hydrogen (secondary N) is 1. The van der Waals surface area contributed by atoms with Gasteiger partial charge < -0.3 is 15.1 Å². The topological polar surface area (TPSA) is 61.4 Å². The van der Waals surface area contributed by atoms with Crippen LogP contribution in [0.2, 0.25) is 15.2 Å². The van der Waals surface area contributed by atoms with E-state index in [1.165, 1.54) is 6.33 Å². The summed E-state index contributed by atoms with van der Waals surface area (Å²) in [5.74, 6) is 0.459. The Labute approximate surface area is 198 Å². The Balaban J connectivity index is 0.00000320. The summed E-state index contributed by atoms with van der Waals surface area (Å²) in [5.41, 5.74) is 0.791. The summed E-state index contributed by atoms with van der Waals surface area (Å²) >= 11 is 18.4. The molecule has 2 heterocycles. The van der Waals surface area contributed by atoms with Gasteiger partial charge in [0.1, 0.15) is 17.3 Å². The third-order valence-corrected chi connectivity index (χ3v) is 5.67. The Kier molecular flexibility index (Phi) is 9.44. The molecule has 0 saturated carbocycles. The van der Waals surface area contributed by atoms with E-state index in [9.17, 15) is 4.79 Å². The number of rotatable bonds is 6. The summed E-state index contributed by atoms with van der Waals surface area (Å²) in [4.78, 5) is 25.6. The van der Waals surface area contributed by atoms with Crippen molar-refractivity contribution in [2.24, 2.45) is 0 Å². The van der Waals surface area contributed by atoms with Gasteiger partial charge in [0.15, 0.2) is 0 Å². The standard InChI is InChI=1S/C20H24Cl3N5O.ClH/c1-13(2)24-11-16(15-4-3-14(21)9-17(15)22)20(29)28-7-5-27(6-8-28)19-10-18(23)25-12-26-19;/h3-4,9-10,12-13,16,24H,5-8,11H2,1-2H3;1H. The van der Waals surface area contributed by atoms with Gasteiger partial charge in [-0.3, -0.25) is 4.79 Å². The van der Waals surface area contributed by atoms with Crippen molar-refractivity contribution in [3.63, 3.8) is 0 Å². The maximum atomic E-state index is 13.4. The lowest BCUT2D eigenvalue weighted by Gasteiger charge is -2.37. The first-order valence-corrected chi connectivity index (χ1v) is 10.7. The van der Waals surface area contributed by atoms with Crippen molar-refractivity contribution in [2.45, 2.75) is 25.8 Å². The van der Waals surface area contributed by atoms with E-state index < -0.39 is 0 Å². The monoisotopic (exact) mass is 491 g/mol. The number of hydrogen-bond acceptors (Lipinski definition) is 5. The van der Waals surface area contributed by atoms with E-state index in [1.807, 2.05) is 11.0 Å². The summed E-state index contributed by atoms with van der Waals surface area (Å²) in [6.07, 6.45) is 1.45. The maximum Gasteiger partial charge on any atom is 0.231 e. The number of hydrogen-bond donors (Lipinski definition) is 1. The number of carbonyl (C=O) groups is 1. The van der Waals surface area contributed by atoms with Gasteiger partial charge in [0, 0.05) is 54.9 Å². The summed E-state index contributed by atoms with van der Waals surface area (Å²) < 4.78 is 0. The SMILES string of the molecule is CC(C)NCC(C(=O)N1CCN(c2cc(Cl)ncn2)CC1)c1ccc(Cl)cc1Cl.Cl. The third kappa shape index (κ3) is 6.34. The van der Waals surface area contributed by atoms with Crippen LogP contribution in [0.25, 0.3) is 0 Å². The largest absolute Gasteiger partial charge is 0.353 e. The molecule has 10 heteroatoms. The maximum absolute atomic E-state index is 13.4. The van der Waals surface area contributed by atoms with Gasteiger partial charge in [-0.05, 0) is 17.7 Å². The number of nitrogens with zero attached hydrogens (tertiary/aromatic N) is 4. The molecule has 2 aromatic rings. The van der Waals surface area contributed by atoms with Crippen LogP contribution in [0.4, 0.5) is 5.82 Å². The number of piperazine rings is 1. The fourth-order valence-electron chi connectivity index (χ4n) is 3.34. The van der Waals surface area contributed by atoms with E-state index in [-0.39, 0.29) is 30.3 Å². The number of anilines is 1. The number of amides is 1. The summed E-state index contributed by atoms with van der Waals surface area (Å²) in [7, 11) is 0. The summed E-state index contributed by atoms with van der Waals surface area (Å²) in [6.45, 7) is 7.18. The van der Waals surface area contributed by atoms with Gasteiger partial charge in [0.25, 0.3) is 0 Å². The lowest BCUT2D eigenvalue weighted by Crippen LogP contribution is -2.51. The second-order valence-electron chi connectivity index (χ2n) is 7.29. The first-order chi connectivity index (χ1) is 13.8. The van der Waals surface area contributed by atoms with Crippen molar-refractivity contribution in [3.05, 3.63) is 51.4 Å². The Morgan fingerprint density at radius 2 is 1.80 bits per heavy atom. The molecule has 0 radical (unpaired) electrons. The van der Waals surface area contributed by atoms with Gasteiger partial charge in [-0.15, -0.1) is 12.4 Å². The van der Waals surface area contributed by atoms with E-state index in [1.54, 1.807) is 18.2 Å². The molecule has 1 aliphatic heterocycles. The normalized spacial score (nSPS) is 15.1. The van der Waals surface area contributed by atoms with E-state index in [2.05, 4.69) is 34.0 Å². The van der Waals surface area contributed by atoms with Crippen LogP contribution in [0.5, 0.6) is 0 Å². The van der Waals surface area contributed by atoms with Crippen LogP contribution in [0.3, 0.4) is 0 Å². The smallest absolute Gasteiger partial charge is 0.231 e. The highest BCUT2D eigenvalue weighted by Crippen LogP contribution is 2.29. The first-order valence-electron chi connectivity index (χ1n) is 9.54. The zero-order valence-corrected chi connectivity index (χ0v) is 19.9. The van der Waals surface area contributed by atoms with E-state index in [0.717, 1.165) is 11.4 Å². The average Bonchev–Trinajstić information content (AvgIpc) is 2.69. The molecule has 1 fully saturated rings. The van der Waals surface area contributed by atoms with E-state index >= 15 is 0 Å². The fourth-order valence-corrected chi connectivity index (χ4v) is 4.02. The molecule has 1 atom stereocenters. The average molecular weight is 493 g/mol. The van der Waals surface area contributed by atoms with Gasteiger partial charge >= 0.3 is 0 Å². The van der Waals surface area contributed by atoms with Crippen LogP contribution >= 0.6 is 47.2 Å². The van der Waals surface area contributed by atoms with Crippen molar-refractivity contribution in [1.82, 2.24) is 20.2 Å². The first kappa shape index (κ1) is 25.0. The third-order valence-electron chi connectivity index (χ3n) is 4.90. The zero-order chi connectivity index (χ0) is 21.0. The quantitative estimate of drug-likeness (QED) is 0.609. The molecule has 1 aromatic carbocycles. The van der Waals surface area contributed by atoms with Crippen LogP contribution in [0.1, 0.15) is 25.3 Å². The van der Waals surface area contributed by atoms with Gasteiger partial charge in [0.05, 0.1) is 5.92 Å². The molecule has 0 aliphatic carbocycles. The number of benzene rings is 1. The Morgan fingerprint density at radius 3 is 2.40 bits per heavy atom. The Hall–Kier alpha value is -1.31. The van der Waals surface area contributed by atoms with Gasteiger partial charge in [-0.2, -0.15) is 0 Å². The molecule has 30 heavy (non-hydrogen) atoms. The molecule has 1 N–H and O–H groups in total. The van der Waals surface area contributed by atoms with Crippen molar-refractivity contribution in [1.29, 1.82) is 0 Å². The minimum Gasteiger partial charge on any atom is -0.353 e. The molecule has 1 aromatic heterocycles. The fraction of sp³-hybridized carbons (Fsp3) is 0.450. The highest BCUT2D eigenvalue weighted by Gasteiger charge is 2.30. The lowest BCUT2D eigenvalue weighted by molar-refractivity contribution is -0.133. The van der Waals surface area contributed by atoms with Crippen molar-refractivity contribution in [3.8, 4) is 0 Å². The van der Waals surface area contributed by atoms with Crippen LogP contribution in [0, 0.1) is 0 Å². The molecule has 0 bridgehead atoms. The molecule has 164 valence electrons. The lowest BCUT2D eigenvalue weighted by atomic mass is 9.96. The van der Waals surface area contributed by atoms with Crippen molar-refractivity contribution < 1.29 is 4.79 Å². The van der Waals surface area contributed by atoms with Crippen molar-refractivity contribution in [2.75, 3.05) is 37.6 Å². The minimum absolute atomic E-state index is 0. The predicted molar refractivity (Wildman–Crippen MR) is 125 cm³/mol. The highest BCUT2D eigenvalue weighted by molar-refractivity contribution is 6.35.